The van der Waals surface area contributed by atoms with Crippen LogP contribution in [0.15, 0.2) is 42.2 Å². The van der Waals surface area contributed by atoms with Crippen molar-refractivity contribution in [3.8, 4) is 0 Å². The number of imidazole rings is 1. The minimum atomic E-state index is 0.817. The number of nitrogens with one attached hydrogen (secondary N) is 1. The summed E-state index contributed by atoms with van der Waals surface area (Å²) >= 11 is 1.81. The van der Waals surface area contributed by atoms with Gasteiger partial charge in [0.2, 0.25) is 0 Å². The Kier molecular flexibility index (Phi) is 3.62. The predicted octanol–water partition coefficient (Wildman–Crippen LogP) is 3.41. The van der Waals surface area contributed by atoms with Crippen LogP contribution < -0.4 is 5.32 Å². The first kappa shape index (κ1) is 12.4. The predicted molar refractivity (Wildman–Crippen MR) is 80.3 cm³/mol. The molecule has 0 spiro atoms. The van der Waals surface area contributed by atoms with E-state index in [0.29, 0.717) is 0 Å². The van der Waals surface area contributed by atoms with Gasteiger partial charge in [0.25, 0.3) is 0 Å². The molecule has 0 saturated carbocycles. The number of thiophene rings is 1. The summed E-state index contributed by atoms with van der Waals surface area (Å²) in [6.45, 7) is 4.80. The molecule has 0 amide bonds. The Balaban J connectivity index is 1.63. The molecule has 0 atom stereocenters. The normalized spacial score (nSPS) is 11.2. The molecule has 0 aliphatic heterocycles. The van der Waals surface area contributed by atoms with Crippen LogP contribution in [0.5, 0.6) is 0 Å². The Bertz CT molecular complexity index is 669. The van der Waals surface area contributed by atoms with Crippen molar-refractivity contribution in [2.45, 2.75) is 26.6 Å². The van der Waals surface area contributed by atoms with Crippen molar-refractivity contribution < 1.29 is 0 Å². The largest absolute Gasteiger partial charge is 0.337 e. The summed E-state index contributed by atoms with van der Waals surface area (Å²) in [6, 6.07) is 8.55. The number of hydrogen-bond donors (Lipinski definition) is 1. The Hall–Kier alpha value is -1.65. The number of hydrogen-bond acceptors (Lipinski definition) is 3. The highest BCUT2D eigenvalue weighted by atomic mass is 32.1. The first-order valence-corrected chi connectivity index (χ1v) is 7.41. The molecule has 1 N–H and O–H groups in total. The molecule has 3 aromatic rings. The molecule has 0 bridgehead atoms. The molecule has 0 saturated heterocycles. The first-order valence-electron chi connectivity index (χ1n) is 6.53. The molecule has 2 aromatic heterocycles. The number of fused-ring (bicyclic) bond motifs is 1. The lowest BCUT2D eigenvalue weighted by Gasteiger charge is -2.01. The molecular formula is C15H17N3S. The fraction of sp³-hybridized carbons (Fsp3) is 0.267. The Morgan fingerprint density at radius 2 is 2.16 bits per heavy atom. The van der Waals surface area contributed by atoms with Gasteiger partial charge in [-0.2, -0.15) is 0 Å². The number of benzene rings is 1. The monoisotopic (exact) mass is 271 g/mol. The van der Waals surface area contributed by atoms with E-state index in [4.69, 9.17) is 0 Å². The molecule has 1 aromatic carbocycles. The summed E-state index contributed by atoms with van der Waals surface area (Å²) in [7, 11) is 0. The van der Waals surface area contributed by atoms with E-state index in [-0.39, 0.29) is 0 Å². The highest BCUT2D eigenvalue weighted by molar-refractivity contribution is 7.17. The molecule has 98 valence electrons. The van der Waals surface area contributed by atoms with Crippen molar-refractivity contribution in [1.29, 1.82) is 0 Å². The van der Waals surface area contributed by atoms with Crippen LogP contribution in [0.2, 0.25) is 0 Å². The average molecular weight is 271 g/mol. The van der Waals surface area contributed by atoms with E-state index in [2.05, 4.69) is 57.6 Å². The van der Waals surface area contributed by atoms with E-state index >= 15 is 0 Å². The van der Waals surface area contributed by atoms with Crippen LogP contribution in [0.1, 0.15) is 18.2 Å². The topological polar surface area (TPSA) is 29.9 Å². The SMILES string of the molecule is CCn1cnc(CNCc2csc3ccccc23)c1. The molecule has 3 nitrogen and oxygen atoms in total. The smallest absolute Gasteiger partial charge is 0.0949 e. The maximum absolute atomic E-state index is 4.37. The van der Waals surface area contributed by atoms with E-state index in [1.54, 1.807) is 0 Å². The summed E-state index contributed by atoms with van der Waals surface area (Å²) in [5.74, 6) is 0. The van der Waals surface area contributed by atoms with Crippen LogP contribution in [0.25, 0.3) is 10.1 Å². The summed E-state index contributed by atoms with van der Waals surface area (Å²) in [4.78, 5) is 4.37. The van der Waals surface area contributed by atoms with Gasteiger partial charge in [-0.15, -0.1) is 11.3 Å². The van der Waals surface area contributed by atoms with Crippen LogP contribution in [-0.4, -0.2) is 9.55 Å². The maximum Gasteiger partial charge on any atom is 0.0949 e. The standard InChI is InChI=1S/C15H17N3S/c1-2-18-9-13(17-11-18)8-16-7-12-10-19-15-6-4-3-5-14(12)15/h3-6,9-11,16H,2,7-8H2,1H3. The van der Waals surface area contributed by atoms with E-state index in [1.165, 1.54) is 15.6 Å². The summed E-state index contributed by atoms with van der Waals surface area (Å²) in [5.41, 5.74) is 2.47. The van der Waals surface area contributed by atoms with E-state index in [1.807, 2.05) is 17.7 Å². The molecule has 0 aliphatic rings. The lowest BCUT2D eigenvalue weighted by molar-refractivity contribution is 0.684. The lowest BCUT2D eigenvalue weighted by Crippen LogP contribution is -2.12. The highest BCUT2D eigenvalue weighted by Crippen LogP contribution is 2.25. The fourth-order valence-electron chi connectivity index (χ4n) is 2.17. The second kappa shape index (κ2) is 5.55. The number of rotatable bonds is 5. The zero-order valence-electron chi connectivity index (χ0n) is 11.0. The van der Waals surface area contributed by atoms with Gasteiger partial charge in [0.05, 0.1) is 12.0 Å². The molecule has 4 heteroatoms. The Morgan fingerprint density at radius 3 is 3.00 bits per heavy atom. The van der Waals surface area contributed by atoms with Gasteiger partial charge in [0.15, 0.2) is 0 Å². The zero-order chi connectivity index (χ0) is 13.1. The summed E-state index contributed by atoms with van der Waals surface area (Å²) < 4.78 is 3.45. The van der Waals surface area contributed by atoms with Gasteiger partial charge >= 0.3 is 0 Å². The van der Waals surface area contributed by atoms with Crippen molar-refractivity contribution in [3.05, 3.63) is 53.4 Å². The van der Waals surface area contributed by atoms with Gasteiger partial charge in [0.1, 0.15) is 0 Å². The molecule has 3 rings (SSSR count). The highest BCUT2D eigenvalue weighted by Gasteiger charge is 2.03. The van der Waals surface area contributed by atoms with Gasteiger partial charge in [-0.05, 0) is 29.3 Å². The van der Waals surface area contributed by atoms with E-state index < -0.39 is 0 Å². The quantitative estimate of drug-likeness (QED) is 0.770. The van der Waals surface area contributed by atoms with Crippen molar-refractivity contribution in [2.24, 2.45) is 0 Å². The van der Waals surface area contributed by atoms with Crippen LogP contribution in [-0.2, 0) is 19.6 Å². The number of aromatic nitrogens is 2. The molecule has 19 heavy (non-hydrogen) atoms. The lowest BCUT2D eigenvalue weighted by atomic mass is 10.2. The van der Waals surface area contributed by atoms with Gasteiger partial charge in [0, 0.05) is 30.5 Å². The third-order valence-corrected chi connectivity index (χ3v) is 4.25. The van der Waals surface area contributed by atoms with Gasteiger partial charge in [-0.3, -0.25) is 0 Å². The van der Waals surface area contributed by atoms with Crippen molar-refractivity contribution >= 4 is 21.4 Å². The number of nitrogens with zero attached hydrogens (tertiary/aromatic N) is 2. The fourth-order valence-corrected chi connectivity index (χ4v) is 3.13. The van der Waals surface area contributed by atoms with E-state index in [9.17, 15) is 0 Å². The third-order valence-electron chi connectivity index (χ3n) is 3.23. The van der Waals surface area contributed by atoms with Crippen molar-refractivity contribution in [1.82, 2.24) is 14.9 Å². The van der Waals surface area contributed by atoms with Crippen LogP contribution in [0.4, 0.5) is 0 Å². The Labute approximate surface area is 116 Å². The second-order valence-electron chi connectivity index (χ2n) is 4.56. The molecule has 2 heterocycles. The maximum atomic E-state index is 4.37. The summed E-state index contributed by atoms with van der Waals surface area (Å²) in [6.07, 6.45) is 3.98. The molecule has 0 aliphatic carbocycles. The second-order valence-corrected chi connectivity index (χ2v) is 5.47. The minimum Gasteiger partial charge on any atom is -0.337 e. The average Bonchev–Trinajstić information content (AvgIpc) is 3.06. The molecule has 0 fully saturated rings. The van der Waals surface area contributed by atoms with Crippen LogP contribution >= 0.6 is 11.3 Å². The van der Waals surface area contributed by atoms with Crippen molar-refractivity contribution in [3.63, 3.8) is 0 Å². The van der Waals surface area contributed by atoms with Crippen molar-refractivity contribution in [2.75, 3.05) is 0 Å². The van der Waals surface area contributed by atoms with Gasteiger partial charge in [-0.1, -0.05) is 18.2 Å². The van der Waals surface area contributed by atoms with E-state index in [0.717, 1.165) is 25.3 Å². The molecule has 0 radical (unpaired) electrons. The summed E-state index contributed by atoms with van der Waals surface area (Å²) in [5, 5.41) is 7.06. The number of aryl methyl sites for hydroxylation is 1. The Morgan fingerprint density at radius 1 is 1.26 bits per heavy atom. The molecular weight excluding hydrogens is 254 g/mol. The van der Waals surface area contributed by atoms with Gasteiger partial charge in [-0.25, -0.2) is 4.98 Å². The minimum absolute atomic E-state index is 0.817. The third kappa shape index (κ3) is 2.69. The zero-order valence-corrected chi connectivity index (χ0v) is 11.8. The van der Waals surface area contributed by atoms with Gasteiger partial charge < -0.3 is 9.88 Å². The van der Waals surface area contributed by atoms with Crippen LogP contribution in [0.3, 0.4) is 0 Å². The molecule has 0 unspecified atom stereocenters. The van der Waals surface area contributed by atoms with Crippen LogP contribution in [0, 0.1) is 0 Å². The first-order chi connectivity index (χ1) is 9.36.